The van der Waals surface area contributed by atoms with E-state index in [2.05, 4.69) is 15.8 Å². The summed E-state index contributed by atoms with van der Waals surface area (Å²) in [4.78, 5) is 40.3. The van der Waals surface area contributed by atoms with E-state index in [1.807, 2.05) is 60.7 Å². The summed E-state index contributed by atoms with van der Waals surface area (Å²) >= 11 is 1.63. The Bertz CT molecular complexity index is 1660. The number of benzene rings is 4. The lowest BCUT2D eigenvalue weighted by molar-refractivity contribution is -0.112. The van der Waals surface area contributed by atoms with E-state index < -0.39 is 11.8 Å². The molecule has 1 heterocycles. The molecule has 10 heteroatoms. The second kappa shape index (κ2) is 13.8. The number of carbonyl (C=O) groups excluding carboxylic acids is 3. The molecule has 0 spiro atoms. The van der Waals surface area contributed by atoms with Crippen LogP contribution in [0.15, 0.2) is 107 Å². The number of nitrogens with one attached hydrogen (secondary N) is 2. The molecule has 0 unspecified atom stereocenters. The number of aryl methyl sites for hydroxylation is 1. The summed E-state index contributed by atoms with van der Waals surface area (Å²) in [5.41, 5.74) is 6.80. The predicted octanol–water partition coefficient (Wildman–Crippen LogP) is 6.06. The summed E-state index contributed by atoms with van der Waals surface area (Å²) in [6, 6.07) is 27.8. The molecule has 0 saturated carbocycles. The summed E-state index contributed by atoms with van der Waals surface area (Å²) in [5.74, 6) is -0.404. The van der Waals surface area contributed by atoms with Crippen LogP contribution in [-0.4, -0.2) is 43.0 Å². The maximum Gasteiger partial charge on any atom is 0.339 e. The third-order valence-corrected chi connectivity index (χ3v) is 7.81. The molecule has 0 aliphatic carbocycles. The zero-order valence-corrected chi connectivity index (χ0v) is 24.2. The number of nitrogens with zero attached hydrogens (tertiary/aromatic N) is 2. The fraction of sp³-hybridized carbons (Fsp3) is 0.152. The van der Waals surface area contributed by atoms with Crippen molar-refractivity contribution < 1.29 is 23.5 Å². The quantitative estimate of drug-likeness (QED) is 0.132. The third-order valence-electron chi connectivity index (χ3n) is 6.81. The predicted molar refractivity (Wildman–Crippen MR) is 166 cm³/mol. The lowest BCUT2D eigenvalue weighted by Gasteiger charge is -2.17. The topological polar surface area (TPSA) is 100 Å². The molecule has 218 valence electrons. The van der Waals surface area contributed by atoms with Gasteiger partial charge in [0.05, 0.1) is 18.4 Å². The Morgan fingerprint density at radius 2 is 1.67 bits per heavy atom. The number of rotatable bonds is 10. The number of thioether (sulfide) groups is 1. The SMILES string of the molecule is COC(=O)c1ccc(CCSc2ccc3c(c2)/C(=N/NC(=O)Nc2cccc(F)c2)C(=O)N3CCc2ccccc2)cc1. The van der Waals surface area contributed by atoms with Gasteiger partial charge in [-0.3, -0.25) is 4.79 Å². The van der Waals surface area contributed by atoms with Gasteiger partial charge < -0.3 is 15.0 Å². The molecule has 5 rings (SSSR count). The highest BCUT2D eigenvalue weighted by Crippen LogP contribution is 2.33. The maximum atomic E-state index is 13.5. The van der Waals surface area contributed by atoms with Crippen molar-refractivity contribution >= 4 is 46.8 Å². The number of urea groups is 1. The zero-order valence-electron chi connectivity index (χ0n) is 23.4. The van der Waals surface area contributed by atoms with Crippen molar-refractivity contribution in [1.82, 2.24) is 5.43 Å². The number of hydrogen-bond acceptors (Lipinski definition) is 6. The Hall–Kier alpha value is -4.96. The van der Waals surface area contributed by atoms with Crippen LogP contribution in [-0.2, 0) is 22.4 Å². The van der Waals surface area contributed by atoms with E-state index >= 15 is 0 Å². The van der Waals surface area contributed by atoms with E-state index in [1.165, 1.54) is 25.3 Å². The molecule has 43 heavy (non-hydrogen) atoms. The van der Waals surface area contributed by atoms with Crippen LogP contribution in [0.25, 0.3) is 0 Å². The van der Waals surface area contributed by atoms with E-state index in [1.54, 1.807) is 34.9 Å². The first-order valence-corrected chi connectivity index (χ1v) is 14.6. The van der Waals surface area contributed by atoms with Crippen molar-refractivity contribution in [3.05, 3.63) is 125 Å². The number of hydrazone groups is 1. The Morgan fingerprint density at radius 3 is 2.42 bits per heavy atom. The number of halogens is 1. The van der Waals surface area contributed by atoms with Crippen molar-refractivity contribution in [2.75, 3.05) is 29.6 Å². The minimum Gasteiger partial charge on any atom is -0.465 e. The van der Waals surface area contributed by atoms with Crippen LogP contribution in [0.4, 0.5) is 20.6 Å². The third kappa shape index (κ3) is 7.47. The molecule has 0 saturated heterocycles. The van der Waals surface area contributed by atoms with Crippen LogP contribution >= 0.6 is 11.8 Å². The smallest absolute Gasteiger partial charge is 0.339 e. The lowest BCUT2D eigenvalue weighted by Crippen LogP contribution is -2.34. The summed E-state index contributed by atoms with van der Waals surface area (Å²) in [6.45, 7) is 0.443. The molecule has 0 atom stereocenters. The Labute approximate surface area is 252 Å². The molecule has 0 radical (unpaired) electrons. The minimum absolute atomic E-state index is 0.123. The van der Waals surface area contributed by atoms with Crippen molar-refractivity contribution in [2.24, 2.45) is 5.10 Å². The van der Waals surface area contributed by atoms with Gasteiger partial charge in [0.1, 0.15) is 5.82 Å². The molecule has 0 bridgehead atoms. The lowest BCUT2D eigenvalue weighted by atomic mass is 10.1. The molecule has 8 nitrogen and oxygen atoms in total. The van der Waals surface area contributed by atoms with E-state index in [0.717, 1.165) is 33.9 Å². The van der Waals surface area contributed by atoms with Gasteiger partial charge >= 0.3 is 12.0 Å². The Morgan fingerprint density at radius 1 is 0.907 bits per heavy atom. The fourth-order valence-electron chi connectivity index (χ4n) is 4.64. The monoisotopic (exact) mass is 596 g/mol. The van der Waals surface area contributed by atoms with E-state index in [4.69, 9.17) is 4.74 Å². The summed E-state index contributed by atoms with van der Waals surface area (Å²) in [5, 5.41) is 6.71. The van der Waals surface area contributed by atoms with E-state index in [0.29, 0.717) is 24.1 Å². The molecule has 4 aromatic rings. The van der Waals surface area contributed by atoms with Gasteiger partial charge in [-0.1, -0.05) is 48.5 Å². The van der Waals surface area contributed by atoms with Crippen LogP contribution in [0.3, 0.4) is 0 Å². The number of hydrogen-bond donors (Lipinski definition) is 2. The summed E-state index contributed by atoms with van der Waals surface area (Å²) in [6.07, 6.45) is 1.42. The van der Waals surface area contributed by atoms with Crippen LogP contribution in [0.1, 0.15) is 27.0 Å². The van der Waals surface area contributed by atoms with Crippen molar-refractivity contribution in [3.63, 3.8) is 0 Å². The van der Waals surface area contributed by atoms with Gasteiger partial charge in [0.25, 0.3) is 5.91 Å². The van der Waals surface area contributed by atoms with Gasteiger partial charge in [-0.2, -0.15) is 5.10 Å². The van der Waals surface area contributed by atoms with Crippen molar-refractivity contribution in [3.8, 4) is 0 Å². The van der Waals surface area contributed by atoms with Gasteiger partial charge in [0.15, 0.2) is 5.71 Å². The van der Waals surface area contributed by atoms with Crippen molar-refractivity contribution in [1.29, 1.82) is 0 Å². The molecule has 2 N–H and O–H groups in total. The van der Waals surface area contributed by atoms with Gasteiger partial charge in [-0.15, -0.1) is 11.8 Å². The number of carbonyl (C=O) groups is 3. The van der Waals surface area contributed by atoms with Crippen LogP contribution in [0, 0.1) is 5.82 Å². The first-order valence-electron chi connectivity index (χ1n) is 13.6. The molecule has 1 aliphatic heterocycles. The highest BCUT2D eigenvalue weighted by Gasteiger charge is 2.34. The van der Waals surface area contributed by atoms with E-state index in [-0.39, 0.29) is 23.3 Å². The normalized spacial score (nSPS) is 13.1. The first kappa shape index (κ1) is 29.5. The Balaban J connectivity index is 1.31. The second-order valence-electron chi connectivity index (χ2n) is 9.69. The van der Waals surface area contributed by atoms with Crippen LogP contribution in [0.2, 0.25) is 0 Å². The van der Waals surface area contributed by atoms with Gasteiger partial charge in [0, 0.05) is 28.4 Å². The summed E-state index contributed by atoms with van der Waals surface area (Å²) in [7, 11) is 1.35. The van der Waals surface area contributed by atoms with Gasteiger partial charge in [-0.25, -0.2) is 19.4 Å². The standard InChI is InChI=1S/C33H29FN4O4S/c1-42-32(40)24-12-10-23(11-13-24)17-19-43-27-14-15-29-28(21-27)30(31(39)38(29)18-16-22-6-3-2-4-7-22)36-37-33(41)35-26-9-5-8-25(34)20-26/h2-15,20-21H,16-19H2,1H3,(H2,35,37,41)/b36-30-. The minimum atomic E-state index is -0.695. The average Bonchev–Trinajstić information content (AvgIpc) is 3.28. The number of anilines is 2. The van der Waals surface area contributed by atoms with Crippen LogP contribution < -0.4 is 15.6 Å². The molecular weight excluding hydrogens is 567 g/mol. The van der Waals surface area contributed by atoms with Crippen molar-refractivity contribution in [2.45, 2.75) is 17.7 Å². The average molecular weight is 597 g/mol. The number of ether oxygens (including phenoxy) is 1. The zero-order chi connectivity index (χ0) is 30.2. The maximum absolute atomic E-state index is 13.5. The van der Waals surface area contributed by atoms with Gasteiger partial charge in [0.2, 0.25) is 0 Å². The Kier molecular flexibility index (Phi) is 9.48. The van der Waals surface area contributed by atoms with E-state index in [9.17, 15) is 18.8 Å². The molecule has 4 aromatic carbocycles. The molecule has 3 amide bonds. The van der Waals surface area contributed by atoms with Gasteiger partial charge in [-0.05, 0) is 72.5 Å². The molecule has 0 aromatic heterocycles. The molecular formula is C33H29FN4O4S. The molecule has 1 aliphatic rings. The number of amides is 3. The highest BCUT2D eigenvalue weighted by molar-refractivity contribution is 7.99. The highest BCUT2D eigenvalue weighted by atomic mass is 32.2. The number of methoxy groups -OCH3 is 1. The first-order chi connectivity index (χ1) is 20.9. The molecule has 0 fully saturated rings. The fourth-order valence-corrected chi connectivity index (χ4v) is 5.58. The summed E-state index contributed by atoms with van der Waals surface area (Å²) < 4.78 is 18.3. The largest absolute Gasteiger partial charge is 0.465 e. The number of fused-ring (bicyclic) bond motifs is 1. The second-order valence-corrected chi connectivity index (χ2v) is 10.9. The number of esters is 1. The van der Waals surface area contributed by atoms with Crippen LogP contribution in [0.5, 0.6) is 0 Å².